The zero-order chi connectivity index (χ0) is 19.5. The number of esters is 1. The van der Waals surface area contributed by atoms with Gasteiger partial charge >= 0.3 is 5.97 Å². The highest BCUT2D eigenvalue weighted by atomic mass is 32.2. The van der Waals surface area contributed by atoms with Gasteiger partial charge in [-0.15, -0.1) is 0 Å². The minimum Gasteiger partial charge on any atom is -0.497 e. The van der Waals surface area contributed by atoms with Crippen molar-refractivity contribution in [3.05, 3.63) is 41.2 Å². The minimum atomic E-state index is -3.97. The highest BCUT2D eigenvalue weighted by molar-refractivity contribution is 7.93. The van der Waals surface area contributed by atoms with E-state index in [0.29, 0.717) is 22.8 Å². The molecule has 26 heavy (non-hydrogen) atoms. The van der Waals surface area contributed by atoms with E-state index in [-0.39, 0.29) is 23.6 Å². The van der Waals surface area contributed by atoms with Crippen molar-refractivity contribution in [2.24, 2.45) is 0 Å². The molecule has 0 spiro atoms. The number of aryl methyl sites for hydroxylation is 2. The van der Waals surface area contributed by atoms with Crippen LogP contribution in [0.15, 0.2) is 29.2 Å². The molecule has 2 aromatic rings. The molecular weight excluding hydrogens is 356 g/mol. The van der Waals surface area contributed by atoms with Gasteiger partial charge in [-0.2, -0.15) is 0 Å². The number of nitrogens with one attached hydrogen (secondary N) is 1. The Labute approximate surface area is 154 Å². The first-order valence-electron chi connectivity index (χ1n) is 8.30. The molecule has 0 saturated carbocycles. The van der Waals surface area contributed by atoms with E-state index < -0.39 is 16.0 Å². The highest BCUT2D eigenvalue weighted by Crippen LogP contribution is 2.31. The molecule has 8 heteroatoms. The molecule has 1 aromatic carbocycles. The average Bonchev–Trinajstić information content (AvgIpc) is 2.91. The number of nitrogens with zero attached hydrogens (tertiary/aromatic N) is 1. The van der Waals surface area contributed by atoms with Crippen LogP contribution in [0.5, 0.6) is 5.75 Å². The van der Waals surface area contributed by atoms with E-state index in [1.54, 1.807) is 59.1 Å². The first-order chi connectivity index (χ1) is 12.3. The van der Waals surface area contributed by atoms with Crippen LogP contribution < -0.4 is 9.04 Å². The van der Waals surface area contributed by atoms with Crippen molar-refractivity contribution in [1.82, 2.24) is 4.98 Å². The SMILES string of the molecule is CCOC(=O)c1c(C)[nH]c(C)c1S(=O)(=O)N(CC)c1ccc(OC)cc1. The number of hydrogen-bond donors (Lipinski definition) is 1. The number of ether oxygens (including phenoxy) is 2. The van der Waals surface area contributed by atoms with Crippen LogP contribution >= 0.6 is 0 Å². The number of carbonyl (C=O) groups excluding carboxylic acids is 1. The maximum Gasteiger partial charge on any atom is 0.341 e. The Morgan fingerprint density at radius 2 is 1.73 bits per heavy atom. The van der Waals surface area contributed by atoms with Gasteiger partial charge in [-0.1, -0.05) is 0 Å². The third-order valence-electron chi connectivity index (χ3n) is 3.99. The van der Waals surface area contributed by atoms with Crippen molar-refractivity contribution in [2.75, 3.05) is 24.6 Å². The zero-order valence-corrected chi connectivity index (χ0v) is 16.4. The van der Waals surface area contributed by atoms with Crippen LogP contribution in [-0.4, -0.2) is 39.6 Å². The zero-order valence-electron chi connectivity index (χ0n) is 15.6. The number of aromatic nitrogens is 1. The second-order valence-electron chi connectivity index (χ2n) is 5.67. The molecule has 0 atom stereocenters. The van der Waals surface area contributed by atoms with Crippen LogP contribution in [0.3, 0.4) is 0 Å². The van der Waals surface area contributed by atoms with Crippen molar-refractivity contribution in [2.45, 2.75) is 32.6 Å². The summed E-state index contributed by atoms with van der Waals surface area (Å²) in [6.45, 7) is 7.07. The predicted octanol–water partition coefficient (Wildman–Crippen LogP) is 3.03. The lowest BCUT2D eigenvalue weighted by molar-refractivity contribution is 0.0521. The Morgan fingerprint density at radius 1 is 1.12 bits per heavy atom. The Bertz CT molecular complexity index is 885. The van der Waals surface area contributed by atoms with Gasteiger partial charge in [-0.05, 0) is 52.0 Å². The van der Waals surface area contributed by atoms with E-state index in [4.69, 9.17) is 9.47 Å². The molecule has 0 aliphatic carbocycles. The molecule has 0 aliphatic rings. The fourth-order valence-corrected chi connectivity index (χ4v) is 4.77. The molecule has 0 unspecified atom stereocenters. The quantitative estimate of drug-likeness (QED) is 0.746. The lowest BCUT2D eigenvalue weighted by atomic mass is 10.2. The topological polar surface area (TPSA) is 88.7 Å². The summed E-state index contributed by atoms with van der Waals surface area (Å²) < 4.78 is 38.1. The third kappa shape index (κ3) is 3.55. The summed E-state index contributed by atoms with van der Waals surface area (Å²) in [5.41, 5.74) is 1.40. The Morgan fingerprint density at radius 3 is 2.23 bits per heavy atom. The molecular formula is C18H24N2O5S. The molecule has 0 radical (unpaired) electrons. The van der Waals surface area contributed by atoms with Gasteiger partial charge in [-0.3, -0.25) is 4.31 Å². The fraction of sp³-hybridized carbons (Fsp3) is 0.389. The van der Waals surface area contributed by atoms with Crippen LogP contribution in [0.25, 0.3) is 0 Å². The summed E-state index contributed by atoms with van der Waals surface area (Å²) in [7, 11) is -2.42. The summed E-state index contributed by atoms with van der Waals surface area (Å²) in [5.74, 6) is -0.0261. The molecule has 1 aromatic heterocycles. The first kappa shape index (κ1) is 19.8. The molecule has 7 nitrogen and oxygen atoms in total. The van der Waals surface area contributed by atoms with Gasteiger partial charge in [-0.25, -0.2) is 13.2 Å². The van der Waals surface area contributed by atoms with E-state index in [9.17, 15) is 13.2 Å². The predicted molar refractivity (Wildman–Crippen MR) is 99.4 cm³/mol. The van der Waals surface area contributed by atoms with Crippen molar-refractivity contribution >= 4 is 21.7 Å². The van der Waals surface area contributed by atoms with Gasteiger partial charge < -0.3 is 14.5 Å². The molecule has 0 fully saturated rings. The van der Waals surface area contributed by atoms with Crippen molar-refractivity contribution in [3.8, 4) is 5.75 Å². The summed E-state index contributed by atoms with van der Waals surface area (Å²) in [6, 6.07) is 6.71. The molecule has 1 N–H and O–H groups in total. The lowest BCUT2D eigenvalue weighted by Crippen LogP contribution is -2.32. The number of sulfonamides is 1. The van der Waals surface area contributed by atoms with Gasteiger partial charge in [0, 0.05) is 17.9 Å². The highest BCUT2D eigenvalue weighted by Gasteiger charge is 2.34. The fourth-order valence-electron chi connectivity index (χ4n) is 2.88. The van der Waals surface area contributed by atoms with E-state index in [2.05, 4.69) is 4.98 Å². The maximum absolute atomic E-state index is 13.3. The number of methoxy groups -OCH3 is 1. The molecule has 0 saturated heterocycles. The molecule has 2 rings (SSSR count). The number of rotatable bonds is 7. The summed E-state index contributed by atoms with van der Waals surface area (Å²) in [6.07, 6.45) is 0. The number of aromatic amines is 1. The van der Waals surface area contributed by atoms with Crippen LogP contribution in [0.1, 0.15) is 35.6 Å². The number of anilines is 1. The van der Waals surface area contributed by atoms with Crippen molar-refractivity contribution in [3.63, 3.8) is 0 Å². The Balaban J connectivity index is 2.59. The monoisotopic (exact) mass is 380 g/mol. The second kappa shape index (κ2) is 7.82. The van der Waals surface area contributed by atoms with Crippen molar-refractivity contribution < 1.29 is 22.7 Å². The smallest absolute Gasteiger partial charge is 0.341 e. The third-order valence-corrected chi connectivity index (χ3v) is 6.07. The van der Waals surface area contributed by atoms with Gasteiger partial charge in [0.2, 0.25) is 0 Å². The number of benzene rings is 1. The average molecular weight is 380 g/mol. The normalized spacial score (nSPS) is 11.3. The Kier molecular flexibility index (Phi) is 5.97. The van der Waals surface area contributed by atoms with E-state index >= 15 is 0 Å². The summed E-state index contributed by atoms with van der Waals surface area (Å²) >= 11 is 0. The maximum atomic E-state index is 13.3. The largest absolute Gasteiger partial charge is 0.497 e. The number of carbonyl (C=O) groups is 1. The van der Waals surface area contributed by atoms with Gasteiger partial charge in [0.1, 0.15) is 16.2 Å². The minimum absolute atomic E-state index is 0.0499. The van der Waals surface area contributed by atoms with Gasteiger partial charge in [0.15, 0.2) is 0 Å². The van der Waals surface area contributed by atoms with Crippen LogP contribution in [-0.2, 0) is 14.8 Å². The summed E-state index contributed by atoms with van der Waals surface area (Å²) in [5, 5.41) is 0. The molecule has 0 bridgehead atoms. The van der Waals surface area contributed by atoms with Crippen LogP contribution in [0.4, 0.5) is 5.69 Å². The van der Waals surface area contributed by atoms with E-state index in [1.807, 2.05) is 0 Å². The van der Waals surface area contributed by atoms with Gasteiger partial charge in [0.25, 0.3) is 10.0 Å². The van der Waals surface area contributed by atoms with E-state index in [0.717, 1.165) is 0 Å². The lowest BCUT2D eigenvalue weighted by Gasteiger charge is -2.23. The summed E-state index contributed by atoms with van der Waals surface area (Å²) in [4.78, 5) is 15.2. The van der Waals surface area contributed by atoms with Crippen LogP contribution in [0, 0.1) is 13.8 Å². The Hall–Kier alpha value is -2.48. The number of H-pyrrole nitrogens is 1. The van der Waals surface area contributed by atoms with Crippen molar-refractivity contribution in [1.29, 1.82) is 0 Å². The molecule has 1 heterocycles. The van der Waals surface area contributed by atoms with Gasteiger partial charge in [0.05, 0.1) is 19.4 Å². The standard InChI is InChI=1S/C18H24N2O5S/c1-6-20(14-8-10-15(24-5)11-9-14)26(22,23)17-13(4)19-12(3)16(17)18(21)25-7-2/h8-11,19H,6-7H2,1-5H3. The van der Waals surface area contributed by atoms with Crippen LogP contribution in [0.2, 0.25) is 0 Å². The first-order valence-corrected chi connectivity index (χ1v) is 9.74. The molecule has 0 amide bonds. The number of hydrogen-bond acceptors (Lipinski definition) is 5. The second-order valence-corrected chi connectivity index (χ2v) is 7.47. The molecule has 142 valence electrons. The molecule has 0 aliphatic heterocycles. The van der Waals surface area contributed by atoms with E-state index in [1.165, 1.54) is 4.31 Å².